The van der Waals surface area contributed by atoms with Crippen LogP contribution in [-0.2, 0) is 20.5 Å². The Morgan fingerprint density at radius 2 is 2.05 bits per heavy atom. The number of nitro groups is 1. The molecule has 0 amide bonds. The summed E-state index contributed by atoms with van der Waals surface area (Å²) in [6.45, 7) is 3.05. The molecule has 1 saturated heterocycles. The summed E-state index contributed by atoms with van der Waals surface area (Å²) >= 11 is 0. The highest BCUT2D eigenvalue weighted by Crippen LogP contribution is 2.19. The molecule has 22 heavy (non-hydrogen) atoms. The van der Waals surface area contributed by atoms with Crippen LogP contribution >= 0.6 is 0 Å². The molecule has 1 N–H and O–H groups in total. The minimum atomic E-state index is -3.45. The summed E-state index contributed by atoms with van der Waals surface area (Å²) in [5, 5.41) is 10.6. The summed E-state index contributed by atoms with van der Waals surface area (Å²) < 4.78 is 32.2. The molecule has 1 heterocycles. The van der Waals surface area contributed by atoms with Crippen molar-refractivity contribution in [3.05, 3.63) is 39.9 Å². The zero-order valence-corrected chi connectivity index (χ0v) is 13.2. The quantitative estimate of drug-likeness (QED) is 0.634. The lowest BCUT2D eigenvalue weighted by molar-refractivity contribution is -0.384. The van der Waals surface area contributed by atoms with E-state index in [4.69, 9.17) is 4.74 Å². The van der Waals surface area contributed by atoms with Crippen molar-refractivity contribution in [2.24, 2.45) is 5.92 Å². The van der Waals surface area contributed by atoms with Gasteiger partial charge >= 0.3 is 0 Å². The van der Waals surface area contributed by atoms with Crippen molar-refractivity contribution in [3.8, 4) is 0 Å². The van der Waals surface area contributed by atoms with Gasteiger partial charge in [-0.3, -0.25) is 10.1 Å². The van der Waals surface area contributed by atoms with Crippen LogP contribution in [-0.4, -0.2) is 32.6 Å². The van der Waals surface area contributed by atoms with E-state index < -0.39 is 14.9 Å². The summed E-state index contributed by atoms with van der Waals surface area (Å²) in [6.07, 6.45) is 1.86. The molecule has 1 aliphatic heterocycles. The molecule has 1 aromatic rings. The second-order valence-corrected chi connectivity index (χ2v) is 7.41. The first-order chi connectivity index (χ1) is 10.4. The molecule has 0 spiro atoms. The van der Waals surface area contributed by atoms with Gasteiger partial charge in [0.2, 0.25) is 10.0 Å². The number of nitrogens with zero attached hydrogens (tertiary/aromatic N) is 1. The second kappa shape index (κ2) is 7.17. The zero-order chi connectivity index (χ0) is 16.2. The Kier molecular flexibility index (Phi) is 5.49. The fourth-order valence-electron chi connectivity index (χ4n) is 2.51. The van der Waals surface area contributed by atoms with E-state index >= 15 is 0 Å². The van der Waals surface area contributed by atoms with Gasteiger partial charge in [-0.25, -0.2) is 13.1 Å². The Bertz CT molecular complexity index is 615. The number of nitro benzene ring substituents is 1. The molecule has 0 bridgehead atoms. The molecule has 2 rings (SSSR count). The van der Waals surface area contributed by atoms with Gasteiger partial charge in [-0.05, 0) is 31.2 Å². The van der Waals surface area contributed by atoms with Gasteiger partial charge in [0.25, 0.3) is 5.69 Å². The highest BCUT2D eigenvalue weighted by atomic mass is 32.2. The standard InChI is InChI=1S/C14H20N2O5S/c1-11-8-13(6-7-21-11)9-15-22(19,20)10-12-2-4-14(5-3-12)16(17)18/h2-5,11,13,15H,6-10H2,1H3/t11-,13-/m1/s1. The number of non-ortho nitro benzene ring substituents is 1. The van der Waals surface area contributed by atoms with Gasteiger partial charge in [0.05, 0.1) is 16.8 Å². The van der Waals surface area contributed by atoms with Gasteiger partial charge in [0, 0.05) is 25.3 Å². The van der Waals surface area contributed by atoms with Crippen LogP contribution in [0.15, 0.2) is 24.3 Å². The van der Waals surface area contributed by atoms with Crippen LogP contribution in [0.2, 0.25) is 0 Å². The van der Waals surface area contributed by atoms with Crippen molar-refractivity contribution in [1.82, 2.24) is 4.72 Å². The van der Waals surface area contributed by atoms with Crippen molar-refractivity contribution >= 4 is 15.7 Å². The predicted octanol–water partition coefficient (Wildman–Crippen LogP) is 1.83. The molecule has 1 aliphatic rings. The molecule has 0 radical (unpaired) electrons. The van der Waals surface area contributed by atoms with Crippen molar-refractivity contribution in [2.45, 2.75) is 31.6 Å². The molecule has 0 aliphatic carbocycles. The largest absolute Gasteiger partial charge is 0.378 e. The van der Waals surface area contributed by atoms with Crippen LogP contribution < -0.4 is 4.72 Å². The van der Waals surface area contributed by atoms with Gasteiger partial charge in [-0.1, -0.05) is 12.1 Å². The molecule has 1 fully saturated rings. The van der Waals surface area contributed by atoms with Gasteiger partial charge in [-0.2, -0.15) is 0 Å². The average molecular weight is 328 g/mol. The van der Waals surface area contributed by atoms with Gasteiger partial charge < -0.3 is 4.74 Å². The minimum absolute atomic E-state index is 0.0506. The van der Waals surface area contributed by atoms with Crippen LogP contribution in [0, 0.1) is 16.0 Å². The lowest BCUT2D eigenvalue weighted by atomic mass is 9.97. The summed E-state index contributed by atoms with van der Waals surface area (Å²) in [6, 6.07) is 5.55. The number of rotatable bonds is 6. The summed E-state index contributed by atoms with van der Waals surface area (Å²) in [5.41, 5.74) is 0.476. The van der Waals surface area contributed by atoms with E-state index in [1.807, 2.05) is 6.92 Å². The lowest BCUT2D eigenvalue weighted by Gasteiger charge is -2.27. The maximum atomic E-state index is 12.1. The molecular formula is C14H20N2O5S. The topological polar surface area (TPSA) is 98.5 Å². The van der Waals surface area contributed by atoms with E-state index in [1.165, 1.54) is 24.3 Å². The zero-order valence-electron chi connectivity index (χ0n) is 12.4. The molecule has 7 nitrogen and oxygen atoms in total. The second-order valence-electron chi connectivity index (χ2n) is 5.60. The number of benzene rings is 1. The van der Waals surface area contributed by atoms with Gasteiger partial charge in [0.15, 0.2) is 0 Å². The normalized spacial score (nSPS) is 22.4. The fraction of sp³-hybridized carbons (Fsp3) is 0.571. The SMILES string of the molecule is C[C@@H]1C[C@H](CNS(=O)(=O)Cc2ccc([N+](=O)[O-])cc2)CCO1. The molecule has 0 saturated carbocycles. The number of hydrogen-bond acceptors (Lipinski definition) is 5. The Balaban J connectivity index is 1.89. The highest BCUT2D eigenvalue weighted by Gasteiger charge is 2.21. The number of hydrogen-bond donors (Lipinski definition) is 1. The number of nitrogens with one attached hydrogen (secondary N) is 1. The third-order valence-electron chi connectivity index (χ3n) is 3.69. The maximum Gasteiger partial charge on any atom is 0.269 e. The predicted molar refractivity (Wildman–Crippen MR) is 81.9 cm³/mol. The first-order valence-corrected chi connectivity index (χ1v) is 8.83. The molecular weight excluding hydrogens is 308 g/mol. The summed E-state index contributed by atoms with van der Waals surface area (Å²) in [4.78, 5) is 10.1. The van der Waals surface area contributed by atoms with Crippen LogP contribution in [0.25, 0.3) is 0 Å². The Hall–Kier alpha value is -1.51. The van der Waals surface area contributed by atoms with Crippen LogP contribution in [0.3, 0.4) is 0 Å². The first kappa shape index (κ1) is 16.9. The van der Waals surface area contributed by atoms with Gasteiger partial charge in [0.1, 0.15) is 0 Å². The maximum absolute atomic E-state index is 12.1. The van der Waals surface area contributed by atoms with E-state index in [0.29, 0.717) is 18.7 Å². The van der Waals surface area contributed by atoms with Crippen LogP contribution in [0.1, 0.15) is 25.3 Å². The lowest BCUT2D eigenvalue weighted by Crippen LogP contribution is -2.34. The molecule has 8 heteroatoms. The van der Waals surface area contributed by atoms with Crippen molar-refractivity contribution in [1.29, 1.82) is 0 Å². The Morgan fingerprint density at radius 1 is 1.36 bits per heavy atom. The molecule has 2 atom stereocenters. The first-order valence-electron chi connectivity index (χ1n) is 7.18. The smallest absolute Gasteiger partial charge is 0.269 e. The van der Waals surface area contributed by atoms with Crippen molar-refractivity contribution in [2.75, 3.05) is 13.2 Å². The van der Waals surface area contributed by atoms with Gasteiger partial charge in [-0.15, -0.1) is 0 Å². The van der Waals surface area contributed by atoms with Crippen LogP contribution in [0.4, 0.5) is 5.69 Å². The molecule has 0 unspecified atom stereocenters. The van der Waals surface area contributed by atoms with E-state index in [-0.39, 0.29) is 23.5 Å². The highest BCUT2D eigenvalue weighted by molar-refractivity contribution is 7.88. The fourth-order valence-corrected chi connectivity index (χ4v) is 3.73. The van der Waals surface area contributed by atoms with E-state index in [9.17, 15) is 18.5 Å². The van der Waals surface area contributed by atoms with Crippen molar-refractivity contribution < 1.29 is 18.1 Å². The monoisotopic (exact) mass is 328 g/mol. The number of sulfonamides is 1. The van der Waals surface area contributed by atoms with Crippen molar-refractivity contribution in [3.63, 3.8) is 0 Å². The average Bonchev–Trinajstić information content (AvgIpc) is 2.45. The van der Waals surface area contributed by atoms with E-state index in [0.717, 1.165) is 12.8 Å². The molecule has 0 aromatic heterocycles. The Labute approximate surface area is 129 Å². The third kappa shape index (κ3) is 5.04. The van der Waals surface area contributed by atoms with Crippen LogP contribution in [0.5, 0.6) is 0 Å². The Morgan fingerprint density at radius 3 is 2.64 bits per heavy atom. The summed E-state index contributed by atoms with van der Waals surface area (Å²) in [7, 11) is -3.45. The van der Waals surface area contributed by atoms with E-state index in [2.05, 4.69) is 4.72 Å². The third-order valence-corrected chi connectivity index (χ3v) is 5.01. The molecule has 122 valence electrons. The summed E-state index contributed by atoms with van der Waals surface area (Å²) in [5.74, 6) is 0.111. The molecule has 1 aromatic carbocycles. The minimum Gasteiger partial charge on any atom is -0.378 e. The number of ether oxygens (including phenoxy) is 1. The van der Waals surface area contributed by atoms with E-state index in [1.54, 1.807) is 0 Å².